The van der Waals surface area contributed by atoms with Crippen LogP contribution in [0.1, 0.15) is 0 Å². The molecule has 0 spiro atoms. The van der Waals surface area contributed by atoms with Gasteiger partial charge in [0.15, 0.2) is 0 Å². The number of nitrogens with zero attached hydrogens (tertiary/aromatic N) is 1. The standard InChI is InChI=1S/C6H11N3/c7-8-3-6-9-4-1-2-5-9/h1-2,4-5,8H,3,6-7H2. The van der Waals surface area contributed by atoms with E-state index < -0.39 is 0 Å². The van der Waals surface area contributed by atoms with Crippen molar-refractivity contribution >= 4 is 0 Å². The third-order valence-corrected chi connectivity index (χ3v) is 1.18. The lowest BCUT2D eigenvalue weighted by molar-refractivity contribution is 0.619. The van der Waals surface area contributed by atoms with E-state index in [4.69, 9.17) is 5.84 Å². The first kappa shape index (κ1) is 6.32. The van der Waals surface area contributed by atoms with Crippen molar-refractivity contribution in [3.05, 3.63) is 24.5 Å². The predicted octanol–water partition coefficient (Wildman–Crippen LogP) is -0.0486. The van der Waals surface area contributed by atoms with E-state index in [1.54, 1.807) is 0 Å². The third kappa shape index (κ3) is 1.87. The van der Waals surface area contributed by atoms with Gasteiger partial charge >= 0.3 is 0 Å². The van der Waals surface area contributed by atoms with Crippen LogP contribution in [-0.2, 0) is 6.54 Å². The Morgan fingerprint density at radius 1 is 1.33 bits per heavy atom. The Bertz CT molecular complexity index is 145. The molecule has 0 aliphatic rings. The van der Waals surface area contributed by atoms with Crippen LogP contribution in [-0.4, -0.2) is 11.1 Å². The van der Waals surface area contributed by atoms with Crippen LogP contribution in [0.2, 0.25) is 0 Å². The summed E-state index contributed by atoms with van der Waals surface area (Å²) in [6.07, 6.45) is 4.02. The molecule has 3 heteroatoms. The van der Waals surface area contributed by atoms with Gasteiger partial charge in [0.05, 0.1) is 0 Å². The van der Waals surface area contributed by atoms with E-state index in [0.717, 1.165) is 13.1 Å². The van der Waals surface area contributed by atoms with E-state index in [2.05, 4.69) is 9.99 Å². The van der Waals surface area contributed by atoms with Gasteiger partial charge in [-0.3, -0.25) is 11.3 Å². The molecule has 1 aromatic rings. The van der Waals surface area contributed by atoms with E-state index >= 15 is 0 Å². The lowest BCUT2D eigenvalue weighted by Crippen LogP contribution is -2.25. The highest BCUT2D eigenvalue weighted by atomic mass is 15.2. The van der Waals surface area contributed by atoms with Crippen LogP contribution >= 0.6 is 0 Å². The van der Waals surface area contributed by atoms with Crippen molar-refractivity contribution in [1.29, 1.82) is 0 Å². The molecule has 3 nitrogen and oxygen atoms in total. The maximum atomic E-state index is 5.08. The van der Waals surface area contributed by atoms with Crippen LogP contribution in [0.25, 0.3) is 0 Å². The summed E-state index contributed by atoms with van der Waals surface area (Å²) >= 11 is 0. The first-order chi connectivity index (χ1) is 4.43. The van der Waals surface area contributed by atoms with Crippen LogP contribution in [0.15, 0.2) is 24.5 Å². The van der Waals surface area contributed by atoms with E-state index in [1.165, 1.54) is 0 Å². The topological polar surface area (TPSA) is 43.0 Å². The molecular formula is C6H11N3. The summed E-state index contributed by atoms with van der Waals surface area (Å²) in [6.45, 7) is 1.75. The number of nitrogens with two attached hydrogens (primary N) is 1. The quantitative estimate of drug-likeness (QED) is 0.439. The molecular weight excluding hydrogens is 114 g/mol. The average Bonchev–Trinajstić information content (AvgIpc) is 2.34. The fourth-order valence-electron chi connectivity index (χ4n) is 0.713. The third-order valence-electron chi connectivity index (χ3n) is 1.18. The van der Waals surface area contributed by atoms with Crippen molar-refractivity contribution in [2.45, 2.75) is 6.54 Å². The molecule has 1 aromatic heterocycles. The molecule has 0 radical (unpaired) electrons. The minimum absolute atomic E-state index is 0.814. The van der Waals surface area contributed by atoms with Crippen LogP contribution < -0.4 is 11.3 Å². The van der Waals surface area contributed by atoms with Gasteiger partial charge in [-0.1, -0.05) is 0 Å². The van der Waals surface area contributed by atoms with E-state index in [9.17, 15) is 0 Å². The molecule has 0 unspecified atom stereocenters. The van der Waals surface area contributed by atoms with Crippen LogP contribution in [0.4, 0.5) is 0 Å². The van der Waals surface area contributed by atoms with Crippen molar-refractivity contribution in [3.8, 4) is 0 Å². The van der Waals surface area contributed by atoms with Gasteiger partial charge in [-0.2, -0.15) is 0 Å². The number of hydrazine groups is 1. The normalized spacial score (nSPS) is 9.89. The second-order valence-corrected chi connectivity index (χ2v) is 1.87. The van der Waals surface area contributed by atoms with E-state index in [1.807, 2.05) is 24.5 Å². The van der Waals surface area contributed by atoms with Gasteiger partial charge in [0.1, 0.15) is 0 Å². The maximum Gasteiger partial charge on any atom is 0.0358 e. The molecule has 9 heavy (non-hydrogen) atoms. The minimum atomic E-state index is 0.814. The maximum absolute atomic E-state index is 5.08. The molecule has 1 rings (SSSR count). The van der Waals surface area contributed by atoms with Crippen molar-refractivity contribution in [2.24, 2.45) is 5.84 Å². The molecule has 0 aliphatic heterocycles. The first-order valence-corrected chi connectivity index (χ1v) is 2.97. The summed E-state index contributed by atoms with van der Waals surface area (Å²) in [4.78, 5) is 0. The van der Waals surface area contributed by atoms with Crippen LogP contribution in [0, 0.1) is 0 Å². The van der Waals surface area contributed by atoms with Crippen LogP contribution in [0.3, 0.4) is 0 Å². The molecule has 0 aliphatic carbocycles. The lowest BCUT2D eigenvalue weighted by Gasteiger charge is -1.99. The number of nitrogens with one attached hydrogen (secondary N) is 1. The molecule has 0 saturated carbocycles. The Morgan fingerprint density at radius 2 is 2.00 bits per heavy atom. The molecule has 0 fully saturated rings. The number of hydrogen-bond acceptors (Lipinski definition) is 2. The largest absolute Gasteiger partial charge is 0.353 e. The van der Waals surface area contributed by atoms with Crippen molar-refractivity contribution in [3.63, 3.8) is 0 Å². The zero-order valence-electron chi connectivity index (χ0n) is 5.25. The number of hydrogen-bond donors (Lipinski definition) is 2. The minimum Gasteiger partial charge on any atom is -0.353 e. The Hall–Kier alpha value is -0.800. The van der Waals surface area contributed by atoms with Crippen LogP contribution in [0.5, 0.6) is 0 Å². The van der Waals surface area contributed by atoms with Gasteiger partial charge in [0.25, 0.3) is 0 Å². The van der Waals surface area contributed by atoms with Crippen molar-refractivity contribution in [1.82, 2.24) is 9.99 Å². The second kappa shape index (κ2) is 3.27. The molecule has 0 bridgehead atoms. The Kier molecular flexibility index (Phi) is 2.30. The summed E-state index contributed by atoms with van der Waals surface area (Å²) in [5.41, 5.74) is 2.59. The molecule has 0 saturated heterocycles. The molecule has 0 atom stereocenters. The van der Waals surface area contributed by atoms with Gasteiger partial charge in [-0.15, -0.1) is 0 Å². The molecule has 0 aromatic carbocycles. The summed E-state index contributed by atoms with van der Waals surface area (Å²) in [7, 11) is 0. The molecule has 1 heterocycles. The summed E-state index contributed by atoms with van der Waals surface area (Å²) in [6, 6.07) is 3.99. The van der Waals surface area contributed by atoms with Gasteiger partial charge < -0.3 is 4.57 Å². The molecule has 3 N–H and O–H groups in total. The SMILES string of the molecule is NNCCn1cccc1. The highest BCUT2D eigenvalue weighted by Gasteiger charge is 1.83. The highest BCUT2D eigenvalue weighted by Crippen LogP contribution is 1.86. The van der Waals surface area contributed by atoms with Gasteiger partial charge in [-0.05, 0) is 12.1 Å². The fourth-order valence-corrected chi connectivity index (χ4v) is 0.713. The van der Waals surface area contributed by atoms with Crippen molar-refractivity contribution < 1.29 is 0 Å². The summed E-state index contributed by atoms with van der Waals surface area (Å²) in [5.74, 6) is 5.08. The molecule has 0 amide bonds. The number of aromatic nitrogens is 1. The van der Waals surface area contributed by atoms with Gasteiger partial charge in [0, 0.05) is 25.5 Å². The van der Waals surface area contributed by atoms with E-state index in [0.29, 0.717) is 0 Å². The molecule has 50 valence electrons. The lowest BCUT2D eigenvalue weighted by atomic mass is 10.6. The van der Waals surface area contributed by atoms with Gasteiger partial charge in [-0.25, -0.2) is 0 Å². The number of rotatable bonds is 3. The fraction of sp³-hybridized carbons (Fsp3) is 0.333. The Morgan fingerprint density at radius 3 is 2.56 bits per heavy atom. The second-order valence-electron chi connectivity index (χ2n) is 1.87. The van der Waals surface area contributed by atoms with E-state index in [-0.39, 0.29) is 0 Å². The average molecular weight is 125 g/mol. The highest BCUT2D eigenvalue weighted by molar-refractivity contribution is 4.90. The van der Waals surface area contributed by atoms with Gasteiger partial charge in [0.2, 0.25) is 0 Å². The van der Waals surface area contributed by atoms with Crippen molar-refractivity contribution in [2.75, 3.05) is 6.54 Å². The zero-order valence-corrected chi connectivity index (χ0v) is 5.25. The Balaban J connectivity index is 2.30. The first-order valence-electron chi connectivity index (χ1n) is 2.97. The monoisotopic (exact) mass is 125 g/mol. The Labute approximate surface area is 54.4 Å². The predicted molar refractivity (Wildman–Crippen MR) is 36.6 cm³/mol. The smallest absolute Gasteiger partial charge is 0.0358 e. The zero-order chi connectivity index (χ0) is 6.53. The summed E-state index contributed by atoms with van der Waals surface area (Å²) in [5, 5.41) is 0. The summed E-state index contributed by atoms with van der Waals surface area (Å²) < 4.78 is 2.07.